The van der Waals surface area contributed by atoms with E-state index < -0.39 is 33.7 Å². The highest BCUT2D eigenvalue weighted by Gasteiger charge is 2.35. The van der Waals surface area contributed by atoms with Gasteiger partial charge in [-0.1, -0.05) is 74.5 Å². The minimum atomic E-state index is -3.84. The highest BCUT2D eigenvalue weighted by atomic mass is 32.2. The number of hydrazine groups is 1. The molecule has 8 nitrogen and oxygen atoms in total. The molecule has 2 amide bonds. The van der Waals surface area contributed by atoms with Gasteiger partial charge in [0.1, 0.15) is 0 Å². The van der Waals surface area contributed by atoms with Crippen LogP contribution in [0.15, 0.2) is 66.7 Å². The second kappa shape index (κ2) is 12.2. The maximum atomic E-state index is 13.3. The lowest BCUT2D eigenvalue weighted by Gasteiger charge is -2.29. The van der Waals surface area contributed by atoms with E-state index in [0.717, 1.165) is 16.2 Å². The molecule has 33 heavy (non-hydrogen) atoms. The van der Waals surface area contributed by atoms with Gasteiger partial charge >= 0.3 is 0 Å². The van der Waals surface area contributed by atoms with Crippen molar-refractivity contribution >= 4 is 33.6 Å². The van der Waals surface area contributed by atoms with E-state index in [1.54, 1.807) is 41.9 Å². The van der Waals surface area contributed by atoms with Crippen LogP contribution in [0.3, 0.4) is 0 Å². The van der Waals surface area contributed by atoms with E-state index in [2.05, 4.69) is 5.43 Å². The number of carbonyl (C=O) groups is 2. The van der Waals surface area contributed by atoms with Gasteiger partial charge in [0.05, 0.1) is 23.8 Å². The van der Waals surface area contributed by atoms with E-state index in [4.69, 9.17) is 0 Å². The number of allylic oxidation sites excluding steroid dienone is 1. The molecule has 0 saturated heterocycles. The van der Waals surface area contributed by atoms with Gasteiger partial charge in [0, 0.05) is 0 Å². The molecule has 9 heteroatoms. The maximum absolute atomic E-state index is 13.3. The second-order valence-corrected chi connectivity index (χ2v) is 10.0. The van der Waals surface area contributed by atoms with Crippen LogP contribution in [-0.4, -0.2) is 31.7 Å². The number of nitrogens with one attached hydrogen (secondary N) is 2. The van der Waals surface area contributed by atoms with Crippen molar-refractivity contribution in [3.05, 3.63) is 72.3 Å². The Hall–Kier alpha value is -3.17. The molecule has 0 bridgehead atoms. The molecule has 3 N–H and O–H groups in total. The summed E-state index contributed by atoms with van der Waals surface area (Å²) in [5.74, 6) is -3.09. The predicted octanol–water partition coefficient (Wildman–Crippen LogP) is 3.37. The molecular weight excluding hydrogens is 442 g/mol. The van der Waals surface area contributed by atoms with Crippen molar-refractivity contribution in [2.45, 2.75) is 26.7 Å². The first-order chi connectivity index (χ1) is 15.6. The molecule has 0 aliphatic carbocycles. The van der Waals surface area contributed by atoms with Crippen molar-refractivity contribution in [1.82, 2.24) is 10.9 Å². The molecule has 0 aliphatic rings. The van der Waals surface area contributed by atoms with Crippen LogP contribution in [0.5, 0.6) is 0 Å². The first kappa shape index (κ1) is 26.1. The number of rotatable bonds is 11. The Labute approximate surface area is 195 Å². The minimum Gasteiger partial charge on any atom is -0.289 e. The van der Waals surface area contributed by atoms with E-state index in [1.165, 1.54) is 0 Å². The Morgan fingerprint density at radius 2 is 1.55 bits per heavy atom. The van der Waals surface area contributed by atoms with Gasteiger partial charge in [-0.25, -0.2) is 13.9 Å². The Morgan fingerprint density at radius 3 is 2.06 bits per heavy atom. The molecule has 178 valence electrons. The van der Waals surface area contributed by atoms with Crippen molar-refractivity contribution in [2.24, 2.45) is 17.8 Å². The zero-order chi connectivity index (χ0) is 24.4. The molecular formula is C24H31N3O5S. The molecule has 2 atom stereocenters. The van der Waals surface area contributed by atoms with Crippen molar-refractivity contribution < 1.29 is 23.2 Å². The highest BCUT2D eigenvalue weighted by Crippen LogP contribution is 2.26. The van der Waals surface area contributed by atoms with Gasteiger partial charge in [-0.2, -0.15) is 4.41 Å². The van der Waals surface area contributed by atoms with Crippen LogP contribution in [-0.2, 0) is 19.6 Å². The van der Waals surface area contributed by atoms with Crippen LogP contribution < -0.4 is 15.3 Å². The number of hydrogen-bond donors (Lipinski definition) is 3. The van der Waals surface area contributed by atoms with Gasteiger partial charge in [-0.3, -0.25) is 20.2 Å². The molecule has 0 heterocycles. The average molecular weight is 474 g/mol. The third-order valence-corrected chi connectivity index (χ3v) is 5.99. The molecule has 0 saturated carbocycles. The number of sulfonamides is 1. The van der Waals surface area contributed by atoms with Crippen molar-refractivity contribution in [3.8, 4) is 0 Å². The van der Waals surface area contributed by atoms with Crippen molar-refractivity contribution in [1.29, 1.82) is 0 Å². The number of nitrogens with zero attached hydrogens (tertiary/aromatic N) is 1. The van der Waals surface area contributed by atoms with E-state index in [1.807, 2.05) is 50.3 Å². The highest BCUT2D eigenvalue weighted by molar-refractivity contribution is 7.92. The van der Waals surface area contributed by atoms with E-state index in [-0.39, 0.29) is 18.0 Å². The van der Waals surface area contributed by atoms with Gasteiger partial charge in [-0.05, 0) is 36.5 Å². The van der Waals surface area contributed by atoms with Gasteiger partial charge in [-0.15, -0.1) is 0 Å². The smallest absolute Gasteiger partial charge is 0.249 e. The summed E-state index contributed by atoms with van der Waals surface area (Å²) in [6.45, 7) is 3.80. The summed E-state index contributed by atoms with van der Waals surface area (Å²) in [4.78, 5) is 25.8. The summed E-state index contributed by atoms with van der Waals surface area (Å²) in [5.41, 5.74) is 5.32. The fourth-order valence-electron chi connectivity index (χ4n) is 3.50. The third-order valence-electron chi connectivity index (χ3n) is 5.03. The normalized spacial score (nSPS) is 13.5. The van der Waals surface area contributed by atoms with Crippen LogP contribution in [0.2, 0.25) is 0 Å². The van der Waals surface area contributed by atoms with E-state index in [9.17, 15) is 23.2 Å². The molecule has 2 aromatic carbocycles. The second-order valence-electron chi connectivity index (χ2n) is 8.21. The minimum absolute atomic E-state index is 0.0382. The summed E-state index contributed by atoms with van der Waals surface area (Å²) < 4.78 is 25.6. The van der Waals surface area contributed by atoms with Crippen LogP contribution in [0.25, 0.3) is 6.08 Å². The van der Waals surface area contributed by atoms with Gasteiger partial charge in [0.25, 0.3) is 0 Å². The quantitative estimate of drug-likeness (QED) is 0.342. The topological polar surface area (TPSA) is 116 Å². The lowest BCUT2D eigenvalue weighted by molar-refractivity contribution is -0.140. The number of carbonyl (C=O) groups excluding carboxylic acids is 2. The molecule has 0 aliphatic heterocycles. The lowest BCUT2D eigenvalue weighted by Crippen LogP contribution is -2.51. The van der Waals surface area contributed by atoms with Gasteiger partial charge < -0.3 is 0 Å². The molecule has 0 fully saturated rings. The first-order valence-electron chi connectivity index (χ1n) is 10.6. The predicted molar refractivity (Wildman–Crippen MR) is 128 cm³/mol. The van der Waals surface area contributed by atoms with Crippen LogP contribution in [0.1, 0.15) is 32.3 Å². The number of benzene rings is 2. The van der Waals surface area contributed by atoms with Crippen LogP contribution >= 0.6 is 0 Å². The first-order valence-corrected chi connectivity index (χ1v) is 12.5. The average Bonchev–Trinajstić information content (AvgIpc) is 2.78. The molecule has 0 aromatic heterocycles. The summed E-state index contributed by atoms with van der Waals surface area (Å²) in [6.07, 6.45) is 5.07. The van der Waals surface area contributed by atoms with E-state index in [0.29, 0.717) is 6.42 Å². The van der Waals surface area contributed by atoms with Crippen molar-refractivity contribution in [3.63, 3.8) is 0 Å². The Morgan fingerprint density at radius 1 is 0.970 bits per heavy atom. The van der Waals surface area contributed by atoms with Crippen molar-refractivity contribution in [2.75, 3.05) is 10.7 Å². The molecule has 2 rings (SSSR count). The fraction of sp³-hybridized carbons (Fsp3) is 0.333. The molecule has 2 aromatic rings. The van der Waals surface area contributed by atoms with Crippen LogP contribution in [0, 0.1) is 17.8 Å². The SMILES string of the molecule is CC(C)C[C@@H](C(=O)NN(c1ccccc1)S(C)(=O)=O)[C@H](C/C=C/c1ccccc1)C(=O)NO. The Bertz CT molecular complexity index is 1040. The zero-order valence-electron chi connectivity index (χ0n) is 19.0. The van der Waals surface area contributed by atoms with Gasteiger partial charge in [0.2, 0.25) is 21.8 Å². The Balaban J connectivity index is 2.33. The number of anilines is 1. The summed E-state index contributed by atoms with van der Waals surface area (Å²) in [5, 5.41) is 9.31. The molecule has 0 unspecified atom stereocenters. The maximum Gasteiger partial charge on any atom is 0.249 e. The largest absolute Gasteiger partial charge is 0.289 e. The molecule has 0 radical (unpaired) electrons. The zero-order valence-corrected chi connectivity index (χ0v) is 19.8. The number of para-hydroxylation sites is 1. The van der Waals surface area contributed by atoms with E-state index >= 15 is 0 Å². The number of amides is 2. The van der Waals surface area contributed by atoms with Crippen LogP contribution in [0.4, 0.5) is 5.69 Å². The number of hydroxylamine groups is 1. The summed E-state index contributed by atoms with van der Waals surface area (Å²) >= 11 is 0. The monoisotopic (exact) mass is 473 g/mol. The number of hydrogen-bond acceptors (Lipinski definition) is 5. The molecule has 0 spiro atoms. The fourth-order valence-corrected chi connectivity index (χ4v) is 4.26. The summed E-state index contributed by atoms with van der Waals surface area (Å²) in [7, 11) is -3.84. The lowest BCUT2D eigenvalue weighted by atomic mass is 9.82. The Kier molecular flexibility index (Phi) is 9.62. The third kappa shape index (κ3) is 8.03. The standard InChI is InChI=1S/C24H31N3O5S/c1-18(2)17-22(21(24(29)26-30)16-10-13-19-11-6-4-7-12-19)23(28)25-27(33(3,31)32)20-14-8-5-9-15-20/h4-15,18,21-22,30H,16-17H2,1-3H3,(H,25,28)(H,26,29)/b13-10+/t21-,22+/m0/s1. The van der Waals surface area contributed by atoms with Gasteiger partial charge in [0.15, 0.2) is 0 Å². The summed E-state index contributed by atoms with van der Waals surface area (Å²) in [6, 6.07) is 17.6.